The minimum Gasteiger partial charge on any atom is -0.265 e. The predicted octanol–water partition coefficient (Wildman–Crippen LogP) is 3.42. The van der Waals surface area contributed by atoms with E-state index in [0.29, 0.717) is 12.2 Å². The van der Waals surface area contributed by atoms with Gasteiger partial charge in [0.05, 0.1) is 18.5 Å². The van der Waals surface area contributed by atoms with Crippen molar-refractivity contribution in [2.24, 2.45) is 0 Å². The molecule has 0 atom stereocenters. The van der Waals surface area contributed by atoms with Gasteiger partial charge in [0.2, 0.25) is 10.0 Å². The molecule has 0 radical (unpaired) electrons. The first-order valence-corrected chi connectivity index (χ1v) is 8.39. The second kappa shape index (κ2) is 5.75. The number of anilines is 1. The van der Waals surface area contributed by atoms with Crippen LogP contribution in [0.3, 0.4) is 0 Å². The van der Waals surface area contributed by atoms with Crippen LogP contribution in [0.5, 0.6) is 0 Å². The highest BCUT2D eigenvalue weighted by molar-refractivity contribution is 9.10. The standard InChI is InChI=1S/C14H14BrNO2S/c1-19(17,18)16(11-12-7-3-2-4-8-12)14-10-6-5-9-13(14)15/h2-10H,11H2,1H3. The van der Waals surface area contributed by atoms with Gasteiger partial charge in [0.1, 0.15) is 0 Å². The lowest BCUT2D eigenvalue weighted by atomic mass is 10.2. The third-order valence-corrected chi connectivity index (χ3v) is 4.49. The van der Waals surface area contributed by atoms with Crippen LogP contribution in [0.25, 0.3) is 0 Å². The van der Waals surface area contributed by atoms with Gasteiger partial charge >= 0.3 is 0 Å². The maximum atomic E-state index is 12.0. The Morgan fingerprint density at radius 1 is 1.00 bits per heavy atom. The summed E-state index contributed by atoms with van der Waals surface area (Å²) in [6, 6.07) is 16.8. The lowest BCUT2D eigenvalue weighted by Crippen LogP contribution is -2.29. The van der Waals surface area contributed by atoms with Crippen LogP contribution in [0.4, 0.5) is 5.69 Å². The van der Waals surface area contributed by atoms with E-state index < -0.39 is 10.0 Å². The van der Waals surface area contributed by atoms with Gasteiger partial charge in [0, 0.05) is 4.47 Å². The molecule has 2 aromatic carbocycles. The molecule has 0 amide bonds. The number of hydrogen-bond donors (Lipinski definition) is 0. The van der Waals surface area contributed by atoms with Gasteiger partial charge < -0.3 is 0 Å². The lowest BCUT2D eigenvalue weighted by molar-refractivity contribution is 0.596. The van der Waals surface area contributed by atoms with Gasteiger partial charge in [-0.15, -0.1) is 0 Å². The van der Waals surface area contributed by atoms with E-state index in [1.807, 2.05) is 48.5 Å². The molecule has 0 aliphatic carbocycles. The van der Waals surface area contributed by atoms with Crippen molar-refractivity contribution in [2.75, 3.05) is 10.6 Å². The van der Waals surface area contributed by atoms with Crippen molar-refractivity contribution in [3.05, 3.63) is 64.6 Å². The SMILES string of the molecule is CS(=O)(=O)N(Cc1ccccc1)c1ccccc1Br. The molecule has 5 heteroatoms. The van der Waals surface area contributed by atoms with Crippen LogP contribution in [0.2, 0.25) is 0 Å². The summed E-state index contributed by atoms with van der Waals surface area (Å²) in [4.78, 5) is 0. The van der Waals surface area contributed by atoms with Crippen molar-refractivity contribution in [2.45, 2.75) is 6.54 Å². The lowest BCUT2D eigenvalue weighted by Gasteiger charge is -2.23. The summed E-state index contributed by atoms with van der Waals surface area (Å²) in [6.07, 6.45) is 1.22. The molecule has 0 unspecified atom stereocenters. The van der Waals surface area contributed by atoms with Gasteiger partial charge in [-0.1, -0.05) is 42.5 Å². The highest BCUT2D eigenvalue weighted by atomic mass is 79.9. The van der Waals surface area contributed by atoms with Crippen molar-refractivity contribution in [3.8, 4) is 0 Å². The number of halogens is 1. The predicted molar refractivity (Wildman–Crippen MR) is 81.6 cm³/mol. The molecule has 0 aliphatic rings. The molecule has 100 valence electrons. The average Bonchev–Trinajstić information content (AvgIpc) is 2.37. The third kappa shape index (κ3) is 3.58. The van der Waals surface area contributed by atoms with Crippen molar-refractivity contribution < 1.29 is 8.42 Å². The van der Waals surface area contributed by atoms with Crippen molar-refractivity contribution in [1.82, 2.24) is 0 Å². The van der Waals surface area contributed by atoms with Gasteiger partial charge in [0.25, 0.3) is 0 Å². The van der Waals surface area contributed by atoms with Crippen molar-refractivity contribution in [3.63, 3.8) is 0 Å². The largest absolute Gasteiger partial charge is 0.265 e. The fourth-order valence-electron chi connectivity index (χ4n) is 1.78. The number of rotatable bonds is 4. The van der Waals surface area contributed by atoms with Gasteiger partial charge in [-0.25, -0.2) is 8.42 Å². The number of hydrogen-bond acceptors (Lipinski definition) is 2. The summed E-state index contributed by atoms with van der Waals surface area (Å²) in [7, 11) is -3.34. The number of nitrogens with zero attached hydrogens (tertiary/aromatic N) is 1. The zero-order valence-corrected chi connectivity index (χ0v) is 12.9. The second-order valence-electron chi connectivity index (χ2n) is 4.21. The Balaban J connectivity index is 2.41. The minimum absolute atomic E-state index is 0.322. The van der Waals surface area contributed by atoms with E-state index in [9.17, 15) is 8.42 Å². The first-order valence-electron chi connectivity index (χ1n) is 5.74. The summed E-state index contributed by atoms with van der Waals surface area (Å²) in [5, 5.41) is 0. The smallest absolute Gasteiger partial charge is 0.232 e. The van der Waals surface area contributed by atoms with E-state index in [1.54, 1.807) is 6.07 Å². The maximum absolute atomic E-state index is 12.0. The van der Waals surface area contributed by atoms with Crippen LogP contribution in [0, 0.1) is 0 Å². The van der Waals surface area contributed by atoms with E-state index in [0.717, 1.165) is 10.0 Å². The summed E-state index contributed by atoms with van der Waals surface area (Å²) >= 11 is 3.40. The highest BCUT2D eigenvalue weighted by Crippen LogP contribution is 2.28. The summed E-state index contributed by atoms with van der Waals surface area (Å²) in [5.74, 6) is 0. The Morgan fingerprint density at radius 2 is 1.58 bits per heavy atom. The van der Waals surface area contributed by atoms with E-state index in [4.69, 9.17) is 0 Å². The van der Waals surface area contributed by atoms with Crippen LogP contribution < -0.4 is 4.31 Å². The average molecular weight is 340 g/mol. The van der Waals surface area contributed by atoms with Gasteiger partial charge in [0.15, 0.2) is 0 Å². The van der Waals surface area contributed by atoms with Crippen LogP contribution in [-0.4, -0.2) is 14.7 Å². The van der Waals surface area contributed by atoms with Crippen LogP contribution in [0.15, 0.2) is 59.1 Å². The zero-order chi connectivity index (χ0) is 13.9. The Bertz CT molecular complexity index is 656. The molecule has 0 heterocycles. The van der Waals surface area contributed by atoms with Gasteiger partial charge in [-0.05, 0) is 33.6 Å². The molecule has 2 aromatic rings. The molecule has 0 N–H and O–H groups in total. The molecule has 0 bridgehead atoms. The molecular weight excluding hydrogens is 326 g/mol. The Labute approximate surface area is 122 Å². The minimum atomic E-state index is -3.34. The zero-order valence-electron chi connectivity index (χ0n) is 10.5. The number of sulfonamides is 1. The third-order valence-electron chi connectivity index (χ3n) is 2.69. The van der Waals surface area contributed by atoms with Crippen LogP contribution in [-0.2, 0) is 16.6 Å². The van der Waals surface area contributed by atoms with Gasteiger partial charge in [-0.2, -0.15) is 0 Å². The summed E-state index contributed by atoms with van der Waals surface area (Å²) in [5.41, 5.74) is 1.59. The molecule has 0 fully saturated rings. The molecule has 3 nitrogen and oxygen atoms in total. The topological polar surface area (TPSA) is 37.4 Å². The molecule has 0 saturated heterocycles. The number of para-hydroxylation sites is 1. The van der Waals surface area contributed by atoms with E-state index >= 15 is 0 Å². The molecule has 0 aliphatic heterocycles. The van der Waals surface area contributed by atoms with Crippen LogP contribution in [0.1, 0.15) is 5.56 Å². The molecule has 19 heavy (non-hydrogen) atoms. The Kier molecular flexibility index (Phi) is 4.27. The fraction of sp³-hybridized carbons (Fsp3) is 0.143. The maximum Gasteiger partial charge on any atom is 0.232 e. The highest BCUT2D eigenvalue weighted by Gasteiger charge is 2.19. The molecule has 0 aromatic heterocycles. The number of benzene rings is 2. The molecule has 0 saturated carbocycles. The fourth-order valence-corrected chi connectivity index (χ4v) is 3.30. The molecule has 0 spiro atoms. The van der Waals surface area contributed by atoms with E-state index in [-0.39, 0.29) is 0 Å². The van der Waals surface area contributed by atoms with E-state index in [2.05, 4.69) is 15.9 Å². The van der Waals surface area contributed by atoms with Crippen molar-refractivity contribution >= 4 is 31.6 Å². The first-order chi connectivity index (χ1) is 8.98. The quantitative estimate of drug-likeness (QED) is 0.855. The van der Waals surface area contributed by atoms with E-state index in [1.165, 1.54) is 10.6 Å². The second-order valence-corrected chi connectivity index (χ2v) is 6.97. The van der Waals surface area contributed by atoms with Gasteiger partial charge in [-0.3, -0.25) is 4.31 Å². The first kappa shape index (κ1) is 14.1. The summed E-state index contributed by atoms with van der Waals surface area (Å²) in [6.45, 7) is 0.322. The summed E-state index contributed by atoms with van der Waals surface area (Å²) < 4.78 is 26.1. The Hall–Kier alpha value is -1.33. The molecular formula is C14H14BrNO2S. The Morgan fingerprint density at radius 3 is 2.16 bits per heavy atom. The molecule has 2 rings (SSSR count). The normalized spacial score (nSPS) is 11.3. The van der Waals surface area contributed by atoms with Crippen molar-refractivity contribution in [1.29, 1.82) is 0 Å². The van der Waals surface area contributed by atoms with Crippen LogP contribution >= 0.6 is 15.9 Å². The monoisotopic (exact) mass is 339 g/mol.